The van der Waals surface area contributed by atoms with E-state index in [4.69, 9.17) is 10.00 Å². The molecule has 0 aliphatic rings. The number of hydrogen-bond donors (Lipinski definition) is 0. The molecule has 1 heterocycles. The van der Waals surface area contributed by atoms with Gasteiger partial charge in [0.05, 0.1) is 18.4 Å². The summed E-state index contributed by atoms with van der Waals surface area (Å²) in [6.07, 6.45) is 0.954. The average molecular weight is 286 g/mol. The third kappa shape index (κ3) is 3.43. The molecule has 0 radical (unpaired) electrons. The Labute approximate surface area is 121 Å². The highest BCUT2D eigenvalue weighted by atomic mass is 32.1. The molecule has 5 heteroatoms. The number of nitriles is 1. The minimum atomic E-state index is -0.361. The topological polar surface area (TPSA) is 63.0 Å². The summed E-state index contributed by atoms with van der Waals surface area (Å²) in [6, 6.07) is 11.7. The van der Waals surface area contributed by atoms with Crippen molar-refractivity contribution in [3.63, 3.8) is 0 Å². The Hall–Kier alpha value is -2.19. The first-order valence-corrected chi connectivity index (χ1v) is 7.11. The van der Waals surface area contributed by atoms with Crippen molar-refractivity contribution in [3.8, 4) is 16.6 Å². The van der Waals surface area contributed by atoms with Gasteiger partial charge in [-0.2, -0.15) is 5.26 Å². The summed E-state index contributed by atoms with van der Waals surface area (Å²) >= 11 is 1.33. The molecular weight excluding hydrogens is 272 g/mol. The Bertz CT molecular complexity index is 629. The lowest BCUT2D eigenvalue weighted by molar-refractivity contribution is 0.0506. The molecule has 4 nitrogen and oxygen atoms in total. The lowest BCUT2D eigenvalue weighted by Crippen LogP contribution is -2.05. The average Bonchev–Trinajstić information content (AvgIpc) is 2.86. The van der Waals surface area contributed by atoms with E-state index in [9.17, 15) is 4.79 Å². The summed E-state index contributed by atoms with van der Waals surface area (Å²) in [6.45, 7) is 2.07. The fourth-order valence-electron chi connectivity index (χ4n) is 1.67. The van der Waals surface area contributed by atoms with Crippen molar-refractivity contribution >= 4 is 17.3 Å². The second-order valence-corrected chi connectivity index (χ2v) is 5.20. The molecule has 20 heavy (non-hydrogen) atoms. The Balaban J connectivity index is 2.08. The van der Waals surface area contributed by atoms with Crippen LogP contribution in [0.3, 0.4) is 0 Å². The van der Waals surface area contributed by atoms with Gasteiger partial charge in [0.25, 0.3) is 0 Å². The van der Waals surface area contributed by atoms with Crippen molar-refractivity contribution < 1.29 is 9.53 Å². The SMILES string of the molecule is Cc1nc(-c2ccccc2)sc1C(=O)OCCCC#N. The molecule has 0 saturated carbocycles. The number of hydrogen-bond acceptors (Lipinski definition) is 5. The maximum Gasteiger partial charge on any atom is 0.350 e. The molecule has 0 N–H and O–H groups in total. The number of esters is 1. The molecule has 0 aliphatic carbocycles. The van der Waals surface area contributed by atoms with Crippen LogP contribution in [0.4, 0.5) is 0 Å². The first kappa shape index (κ1) is 14.2. The molecule has 102 valence electrons. The van der Waals surface area contributed by atoms with Gasteiger partial charge in [-0.15, -0.1) is 11.3 Å². The summed E-state index contributed by atoms with van der Waals surface area (Å²) in [5.74, 6) is -0.361. The minimum Gasteiger partial charge on any atom is -0.461 e. The van der Waals surface area contributed by atoms with Crippen LogP contribution in [-0.2, 0) is 4.74 Å². The lowest BCUT2D eigenvalue weighted by atomic mass is 10.2. The number of rotatable bonds is 5. The van der Waals surface area contributed by atoms with E-state index < -0.39 is 0 Å². The summed E-state index contributed by atoms with van der Waals surface area (Å²) in [5, 5.41) is 9.24. The van der Waals surface area contributed by atoms with E-state index in [0.29, 0.717) is 23.4 Å². The van der Waals surface area contributed by atoms with Crippen molar-refractivity contribution in [1.29, 1.82) is 5.26 Å². The Morgan fingerprint density at radius 2 is 2.15 bits per heavy atom. The Morgan fingerprint density at radius 1 is 1.40 bits per heavy atom. The van der Waals surface area contributed by atoms with Gasteiger partial charge in [0.2, 0.25) is 0 Å². The predicted molar refractivity (Wildman–Crippen MR) is 77.4 cm³/mol. The largest absolute Gasteiger partial charge is 0.461 e. The van der Waals surface area contributed by atoms with Gasteiger partial charge >= 0.3 is 5.97 Å². The van der Waals surface area contributed by atoms with Gasteiger partial charge < -0.3 is 4.74 Å². The fourth-order valence-corrected chi connectivity index (χ4v) is 2.64. The normalized spacial score (nSPS) is 10.0. The number of thiazole rings is 1. The highest BCUT2D eigenvalue weighted by Crippen LogP contribution is 2.28. The molecule has 0 saturated heterocycles. The van der Waals surface area contributed by atoms with Crippen LogP contribution in [0.5, 0.6) is 0 Å². The lowest BCUT2D eigenvalue weighted by Gasteiger charge is -2.00. The van der Waals surface area contributed by atoms with E-state index in [0.717, 1.165) is 10.6 Å². The van der Waals surface area contributed by atoms with Crippen LogP contribution in [0.25, 0.3) is 10.6 Å². The standard InChI is InChI=1S/C15H14N2O2S/c1-11-13(15(18)19-10-6-5-9-16)20-14(17-11)12-7-3-2-4-8-12/h2-4,7-8H,5-6,10H2,1H3. The molecule has 0 fully saturated rings. The van der Waals surface area contributed by atoms with Gasteiger partial charge in [0.1, 0.15) is 9.88 Å². The highest BCUT2D eigenvalue weighted by molar-refractivity contribution is 7.17. The highest BCUT2D eigenvalue weighted by Gasteiger charge is 2.17. The third-order valence-electron chi connectivity index (χ3n) is 2.67. The van der Waals surface area contributed by atoms with E-state index in [1.165, 1.54) is 11.3 Å². The molecule has 0 spiro atoms. The van der Waals surface area contributed by atoms with Gasteiger partial charge in [0.15, 0.2) is 0 Å². The number of unbranched alkanes of at least 4 members (excludes halogenated alkanes) is 1. The number of benzene rings is 1. The van der Waals surface area contributed by atoms with E-state index in [-0.39, 0.29) is 12.6 Å². The van der Waals surface area contributed by atoms with E-state index in [2.05, 4.69) is 4.98 Å². The molecule has 0 bridgehead atoms. The van der Waals surface area contributed by atoms with Crippen molar-refractivity contribution in [2.75, 3.05) is 6.61 Å². The fraction of sp³-hybridized carbons (Fsp3) is 0.267. The van der Waals surface area contributed by atoms with Gasteiger partial charge in [0, 0.05) is 12.0 Å². The van der Waals surface area contributed by atoms with Gasteiger partial charge in [-0.05, 0) is 13.3 Å². The van der Waals surface area contributed by atoms with Crippen molar-refractivity contribution in [2.24, 2.45) is 0 Å². The van der Waals surface area contributed by atoms with Gasteiger partial charge in [-0.3, -0.25) is 0 Å². The molecular formula is C15H14N2O2S. The van der Waals surface area contributed by atoms with Gasteiger partial charge in [-0.1, -0.05) is 30.3 Å². The number of nitrogens with zero attached hydrogens (tertiary/aromatic N) is 2. The molecule has 2 rings (SSSR count). The van der Waals surface area contributed by atoms with Crippen molar-refractivity contribution in [2.45, 2.75) is 19.8 Å². The van der Waals surface area contributed by atoms with E-state index >= 15 is 0 Å². The molecule has 2 aromatic rings. The minimum absolute atomic E-state index is 0.268. The van der Waals surface area contributed by atoms with E-state index in [1.54, 1.807) is 6.92 Å². The number of aromatic nitrogens is 1. The monoisotopic (exact) mass is 286 g/mol. The van der Waals surface area contributed by atoms with Crippen LogP contribution in [0.15, 0.2) is 30.3 Å². The Morgan fingerprint density at radius 3 is 2.85 bits per heavy atom. The zero-order valence-electron chi connectivity index (χ0n) is 11.1. The summed E-state index contributed by atoms with van der Waals surface area (Å²) < 4.78 is 5.14. The number of carbonyl (C=O) groups is 1. The second kappa shape index (κ2) is 6.83. The number of ether oxygens (including phenoxy) is 1. The smallest absolute Gasteiger partial charge is 0.350 e. The molecule has 1 aromatic carbocycles. The molecule has 0 unspecified atom stereocenters. The number of aryl methyl sites for hydroxylation is 1. The van der Waals surface area contributed by atoms with Crippen LogP contribution in [0.1, 0.15) is 28.2 Å². The summed E-state index contributed by atoms with van der Waals surface area (Å²) in [5.41, 5.74) is 1.67. The molecule has 0 aliphatic heterocycles. The zero-order valence-corrected chi connectivity index (χ0v) is 11.9. The first-order chi connectivity index (χ1) is 9.72. The van der Waals surface area contributed by atoms with E-state index in [1.807, 2.05) is 36.4 Å². The Kier molecular flexibility index (Phi) is 4.85. The van der Waals surface area contributed by atoms with Crippen LogP contribution in [-0.4, -0.2) is 17.6 Å². The van der Waals surface area contributed by atoms with Crippen LogP contribution < -0.4 is 0 Å². The number of carbonyl (C=O) groups excluding carboxylic acids is 1. The molecule has 1 aromatic heterocycles. The zero-order chi connectivity index (χ0) is 14.4. The van der Waals surface area contributed by atoms with Crippen LogP contribution in [0, 0.1) is 18.3 Å². The first-order valence-electron chi connectivity index (χ1n) is 6.29. The predicted octanol–water partition coefficient (Wildman–Crippen LogP) is 3.58. The maximum absolute atomic E-state index is 11.9. The molecule has 0 atom stereocenters. The van der Waals surface area contributed by atoms with Crippen LogP contribution >= 0.6 is 11.3 Å². The van der Waals surface area contributed by atoms with Crippen molar-refractivity contribution in [1.82, 2.24) is 4.98 Å². The van der Waals surface area contributed by atoms with Crippen LogP contribution in [0.2, 0.25) is 0 Å². The second-order valence-electron chi connectivity index (χ2n) is 4.20. The summed E-state index contributed by atoms with van der Waals surface area (Å²) in [7, 11) is 0. The molecule has 0 amide bonds. The quantitative estimate of drug-likeness (QED) is 0.622. The summed E-state index contributed by atoms with van der Waals surface area (Å²) in [4.78, 5) is 16.9. The van der Waals surface area contributed by atoms with Gasteiger partial charge in [-0.25, -0.2) is 9.78 Å². The third-order valence-corrected chi connectivity index (χ3v) is 3.86. The van der Waals surface area contributed by atoms with Crippen molar-refractivity contribution in [3.05, 3.63) is 40.9 Å². The maximum atomic E-state index is 11.9.